The van der Waals surface area contributed by atoms with Gasteiger partial charge in [-0.3, -0.25) is 14.5 Å². The summed E-state index contributed by atoms with van der Waals surface area (Å²) in [5.74, 6) is -0.0237. The van der Waals surface area contributed by atoms with E-state index >= 15 is 0 Å². The highest BCUT2D eigenvalue weighted by Gasteiger charge is 2.37. The number of likely N-dealkylation sites (tertiary alicyclic amines) is 1. The van der Waals surface area contributed by atoms with E-state index in [1.165, 1.54) is 18.4 Å². The SMILES string of the molecule is Cc1ccc(N2C(=O)/C(=C/c3cn(CC(=O)N4CCCCCC4)c4ccc(Br)cc34)N(C)C2=S)cc1C. The predicted octanol–water partition coefficient (Wildman–Crippen LogP) is 6.03. The Morgan fingerprint density at radius 1 is 1.03 bits per heavy atom. The van der Waals surface area contributed by atoms with Crippen LogP contribution >= 0.6 is 28.1 Å². The lowest BCUT2D eigenvalue weighted by molar-refractivity contribution is -0.131. The van der Waals surface area contributed by atoms with Crippen molar-refractivity contribution < 1.29 is 9.59 Å². The van der Waals surface area contributed by atoms with Crippen molar-refractivity contribution in [2.75, 3.05) is 25.0 Å². The van der Waals surface area contributed by atoms with Crippen molar-refractivity contribution in [2.45, 2.75) is 46.1 Å². The van der Waals surface area contributed by atoms with Crippen molar-refractivity contribution in [3.8, 4) is 0 Å². The summed E-state index contributed by atoms with van der Waals surface area (Å²) in [6, 6.07) is 12.0. The third-order valence-corrected chi connectivity index (χ3v) is 8.39. The van der Waals surface area contributed by atoms with Gasteiger partial charge in [0.1, 0.15) is 12.2 Å². The first-order valence-corrected chi connectivity index (χ1v) is 13.9. The summed E-state index contributed by atoms with van der Waals surface area (Å²) >= 11 is 9.27. The van der Waals surface area contributed by atoms with Crippen LogP contribution in [-0.2, 0) is 16.1 Å². The summed E-state index contributed by atoms with van der Waals surface area (Å²) in [5, 5.41) is 1.42. The molecule has 3 heterocycles. The molecule has 2 aromatic carbocycles. The van der Waals surface area contributed by atoms with E-state index < -0.39 is 0 Å². The minimum Gasteiger partial charge on any atom is -0.341 e. The second-order valence-corrected chi connectivity index (χ2v) is 11.2. The normalized spacial score (nSPS) is 17.8. The van der Waals surface area contributed by atoms with Gasteiger partial charge in [0.15, 0.2) is 5.11 Å². The molecule has 2 saturated heterocycles. The van der Waals surface area contributed by atoms with Crippen LogP contribution in [0.25, 0.3) is 17.0 Å². The number of thiocarbonyl (C=S) groups is 1. The molecule has 37 heavy (non-hydrogen) atoms. The molecular weight excluding hydrogens is 548 g/mol. The maximum absolute atomic E-state index is 13.6. The largest absolute Gasteiger partial charge is 0.341 e. The lowest BCUT2D eigenvalue weighted by Crippen LogP contribution is -2.34. The van der Waals surface area contributed by atoms with Crippen molar-refractivity contribution in [3.63, 3.8) is 0 Å². The van der Waals surface area contributed by atoms with Gasteiger partial charge in [0, 0.05) is 47.3 Å². The zero-order valence-electron chi connectivity index (χ0n) is 21.5. The second kappa shape index (κ2) is 10.4. The van der Waals surface area contributed by atoms with Gasteiger partial charge in [-0.2, -0.15) is 0 Å². The lowest BCUT2D eigenvalue weighted by Gasteiger charge is -2.20. The highest BCUT2D eigenvalue weighted by molar-refractivity contribution is 9.10. The Bertz CT molecular complexity index is 1440. The third kappa shape index (κ3) is 4.97. The highest BCUT2D eigenvalue weighted by atomic mass is 79.9. The van der Waals surface area contributed by atoms with Crippen LogP contribution in [0.5, 0.6) is 0 Å². The van der Waals surface area contributed by atoms with Crippen LogP contribution in [0.1, 0.15) is 42.4 Å². The fraction of sp³-hybridized carbons (Fsp3) is 0.345. The van der Waals surface area contributed by atoms with Gasteiger partial charge < -0.3 is 14.4 Å². The van der Waals surface area contributed by atoms with E-state index in [1.807, 2.05) is 79.0 Å². The summed E-state index contributed by atoms with van der Waals surface area (Å²) < 4.78 is 2.94. The Morgan fingerprint density at radius 3 is 2.46 bits per heavy atom. The standard InChI is InChI=1S/C29H31BrN4O2S/c1-19-8-10-23(14-20(19)2)34-28(36)26(31(3)29(34)37)15-21-17-33(25-11-9-22(30)16-24(21)25)18-27(35)32-12-6-4-5-7-13-32/h8-11,14-17H,4-7,12-13,18H2,1-3H3/b26-15-. The van der Waals surface area contributed by atoms with Gasteiger partial charge in [-0.15, -0.1) is 0 Å². The second-order valence-electron chi connectivity index (χ2n) is 9.95. The number of aromatic nitrogens is 1. The molecule has 6 nitrogen and oxygen atoms in total. The van der Waals surface area contributed by atoms with Gasteiger partial charge in [-0.25, -0.2) is 0 Å². The molecule has 0 unspecified atom stereocenters. The summed E-state index contributed by atoms with van der Waals surface area (Å²) in [4.78, 5) is 32.1. The summed E-state index contributed by atoms with van der Waals surface area (Å²) in [7, 11) is 1.82. The Balaban J connectivity index is 1.51. The van der Waals surface area contributed by atoms with E-state index in [0.717, 1.165) is 58.1 Å². The van der Waals surface area contributed by atoms with Crippen molar-refractivity contribution in [3.05, 3.63) is 69.5 Å². The molecule has 2 aliphatic rings. The van der Waals surface area contributed by atoms with Crippen LogP contribution in [-0.4, -0.2) is 51.4 Å². The fourth-order valence-electron chi connectivity index (χ4n) is 5.10. The van der Waals surface area contributed by atoms with Gasteiger partial charge in [0.2, 0.25) is 5.91 Å². The zero-order chi connectivity index (χ0) is 26.3. The van der Waals surface area contributed by atoms with E-state index in [9.17, 15) is 9.59 Å². The molecule has 0 saturated carbocycles. The Labute approximate surface area is 231 Å². The summed E-state index contributed by atoms with van der Waals surface area (Å²) in [6.45, 7) is 6.00. The van der Waals surface area contributed by atoms with E-state index in [4.69, 9.17) is 12.2 Å². The third-order valence-electron chi connectivity index (χ3n) is 7.44. The first kappa shape index (κ1) is 25.7. The number of likely N-dealkylation sites (N-methyl/N-ethyl adjacent to an activating group) is 1. The molecule has 0 atom stereocenters. The molecule has 2 amide bonds. The number of nitrogens with zero attached hydrogens (tertiary/aromatic N) is 4. The maximum atomic E-state index is 13.6. The first-order chi connectivity index (χ1) is 17.7. The Kier molecular flexibility index (Phi) is 7.23. The number of amides is 2. The van der Waals surface area contributed by atoms with Crippen molar-refractivity contribution in [2.24, 2.45) is 0 Å². The van der Waals surface area contributed by atoms with E-state index in [-0.39, 0.29) is 18.4 Å². The molecule has 0 N–H and O–H groups in total. The Hall–Kier alpha value is -2.97. The number of hydrogen-bond donors (Lipinski definition) is 0. The molecular formula is C29H31BrN4O2S. The summed E-state index contributed by atoms with van der Waals surface area (Å²) in [6.07, 6.45) is 8.36. The average molecular weight is 580 g/mol. The number of carbonyl (C=O) groups is 2. The fourth-order valence-corrected chi connectivity index (χ4v) is 5.75. The smallest absolute Gasteiger partial charge is 0.281 e. The van der Waals surface area contributed by atoms with Gasteiger partial charge >= 0.3 is 0 Å². The van der Waals surface area contributed by atoms with Crippen LogP contribution in [0.15, 0.2) is 52.8 Å². The molecule has 3 aromatic rings. The zero-order valence-corrected chi connectivity index (χ0v) is 23.9. The molecule has 0 spiro atoms. The molecule has 1 aromatic heterocycles. The van der Waals surface area contributed by atoms with Crippen LogP contribution in [0.2, 0.25) is 0 Å². The van der Waals surface area contributed by atoms with Crippen LogP contribution in [0, 0.1) is 13.8 Å². The number of aryl methyl sites for hydroxylation is 2. The Morgan fingerprint density at radius 2 is 1.76 bits per heavy atom. The predicted molar refractivity (Wildman–Crippen MR) is 156 cm³/mol. The van der Waals surface area contributed by atoms with Crippen LogP contribution < -0.4 is 4.90 Å². The van der Waals surface area contributed by atoms with Crippen LogP contribution in [0.3, 0.4) is 0 Å². The monoisotopic (exact) mass is 578 g/mol. The van der Waals surface area contributed by atoms with Gasteiger partial charge in [-0.1, -0.05) is 34.8 Å². The molecule has 0 radical (unpaired) electrons. The van der Waals surface area contributed by atoms with E-state index in [2.05, 4.69) is 15.9 Å². The number of anilines is 1. The number of halogens is 1. The number of benzene rings is 2. The van der Waals surface area contributed by atoms with Crippen molar-refractivity contribution in [1.29, 1.82) is 0 Å². The van der Waals surface area contributed by atoms with E-state index in [1.54, 1.807) is 9.80 Å². The topological polar surface area (TPSA) is 48.8 Å². The highest BCUT2D eigenvalue weighted by Crippen LogP contribution is 2.32. The number of fused-ring (bicyclic) bond motifs is 1. The minimum atomic E-state index is -0.160. The summed E-state index contributed by atoms with van der Waals surface area (Å²) in [5.41, 5.74) is 5.37. The molecule has 5 rings (SSSR count). The molecule has 0 aliphatic carbocycles. The van der Waals surface area contributed by atoms with Gasteiger partial charge in [0.05, 0.1) is 5.69 Å². The molecule has 2 fully saturated rings. The van der Waals surface area contributed by atoms with Crippen LogP contribution in [0.4, 0.5) is 5.69 Å². The molecule has 2 aliphatic heterocycles. The number of rotatable bonds is 4. The molecule has 0 bridgehead atoms. The maximum Gasteiger partial charge on any atom is 0.281 e. The average Bonchev–Trinajstić information content (AvgIpc) is 3.13. The van der Waals surface area contributed by atoms with Gasteiger partial charge in [-0.05, 0) is 86.4 Å². The molecule has 8 heteroatoms. The lowest BCUT2D eigenvalue weighted by atomic mass is 10.1. The van der Waals surface area contributed by atoms with Crippen molar-refractivity contribution in [1.82, 2.24) is 14.4 Å². The van der Waals surface area contributed by atoms with E-state index in [0.29, 0.717) is 10.8 Å². The van der Waals surface area contributed by atoms with Crippen molar-refractivity contribution >= 4 is 67.7 Å². The van der Waals surface area contributed by atoms with Gasteiger partial charge in [0.25, 0.3) is 5.91 Å². The molecule has 192 valence electrons. The number of carbonyl (C=O) groups excluding carboxylic acids is 2. The minimum absolute atomic E-state index is 0.136. The quantitative estimate of drug-likeness (QED) is 0.280. The first-order valence-electron chi connectivity index (χ1n) is 12.7. The number of hydrogen-bond acceptors (Lipinski definition) is 3.